The number of rotatable bonds is 7. The summed E-state index contributed by atoms with van der Waals surface area (Å²) in [5, 5.41) is 8.17. The van der Waals surface area contributed by atoms with E-state index in [1.54, 1.807) is 54.4 Å². The van der Waals surface area contributed by atoms with Crippen LogP contribution in [-0.4, -0.2) is 58.0 Å². The van der Waals surface area contributed by atoms with Gasteiger partial charge in [-0.1, -0.05) is 18.2 Å². The number of primary sulfonamides is 1. The van der Waals surface area contributed by atoms with E-state index < -0.39 is 29.9 Å². The summed E-state index contributed by atoms with van der Waals surface area (Å²) in [5.41, 5.74) is 0.774. The van der Waals surface area contributed by atoms with Gasteiger partial charge in [-0.05, 0) is 36.4 Å². The first-order valence-corrected chi connectivity index (χ1v) is 11.3. The summed E-state index contributed by atoms with van der Waals surface area (Å²) in [6.07, 6.45) is 1.46. The van der Waals surface area contributed by atoms with Gasteiger partial charge in [0.05, 0.1) is 24.2 Å². The predicted octanol–water partition coefficient (Wildman–Crippen LogP) is 2.17. The van der Waals surface area contributed by atoms with Crippen molar-refractivity contribution in [3.8, 4) is 0 Å². The third-order valence-electron chi connectivity index (χ3n) is 4.18. The molecule has 9 nitrogen and oxygen atoms in total. The average molecular weight is 460 g/mol. The molecule has 0 unspecified atom stereocenters. The molecule has 1 aromatic heterocycles. The second kappa shape index (κ2) is 9.52. The first-order valence-electron chi connectivity index (χ1n) is 8.31. The molecule has 2 aromatic carbocycles. The Bertz CT molecular complexity index is 1210. The average Bonchev–Trinajstić information content (AvgIpc) is 3.18. The van der Waals surface area contributed by atoms with E-state index in [1.807, 2.05) is 0 Å². The molecule has 0 aliphatic heterocycles. The van der Waals surface area contributed by atoms with Crippen molar-refractivity contribution >= 4 is 66.8 Å². The van der Waals surface area contributed by atoms with E-state index in [0.29, 0.717) is 11.4 Å². The summed E-state index contributed by atoms with van der Waals surface area (Å²) >= 11 is 0. The van der Waals surface area contributed by atoms with Crippen LogP contribution < -0.4 is 15.4 Å². The molecule has 155 valence electrons. The summed E-state index contributed by atoms with van der Waals surface area (Å²) in [4.78, 5) is 0.490. The first kappa shape index (κ1) is 24.4. The normalized spacial score (nSPS) is 11.6. The second-order valence-corrected chi connectivity index (χ2v) is 9.08. The van der Waals surface area contributed by atoms with E-state index in [1.165, 1.54) is 12.3 Å². The molecule has 0 spiro atoms. The molecule has 12 heteroatoms. The SMILES string of the molecule is CN(c1ccccc1)c1cc(NCc2ccco2)c(S(=O)(=O)O)cc1S(N)(=O)=O.[Na]. The molecule has 0 saturated carbocycles. The fourth-order valence-electron chi connectivity index (χ4n) is 2.78. The Labute approximate surface area is 197 Å². The standard InChI is InChI=1S/C18H19N3O6S2.Na/c1-21(13-6-3-2-4-7-13)16-10-15(20-12-14-8-5-9-27-14)17(29(24,25)26)11-18(16)28(19,22)23;/h2-11,20H,12H2,1H3,(H2,19,22,23)(H,24,25,26);. The Balaban J connectivity index is 0.00000320. The van der Waals surface area contributed by atoms with Crippen molar-refractivity contribution in [2.45, 2.75) is 16.3 Å². The molecule has 3 rings (SSSR count). The summed E-state index contributed by atoms with van der Waals surface area (Å²) in [5.74, 6) is 0.514. The molecule has 0 saturated heterocycles. The van der Waals surface area contributed by atoms with Gasteiger partial charge in [-0.25, -0.2) is 13.6 Å². The number of nitrogens with two attached hydrogens (primary N) is 1. The summed E-state index contributed by atoms with van der Waals surface area (Å²) in [6.45, 7) is 0.110. The van der Waals surface area contributed by atoms with Crippen molar-refractivity contribution in [2.75, 3.05) is 17.3 Å². The molecule has 0 bridgehead atoms. The van der Waals surface area contributed by atoms with Crippen LogP contribution in [0.1, 0.15) is 5.76 Å². The van der Waals surface area contributed by atoms with Crippen LogP contribution in [0.3, 0.4) is 0 Å². The van der Waals surface area contributed by atoms with Crippen LogP contribution in [-0.2, 0) is 26.7 Å². The number of furan rings is 1. The molecular weight excluding hydrogens is 441 g/mol. The molecule has 1 radical (unpaired) electrons. The Hall–Kier alpha value is -1.86. The van der Waals surface area contributed by atoms with Gasteiger partial charge in [0.2, 0.25) is 10.0 Å². The van der Waals surface area contributed by atoms with Crippen LogP contribution >= 0.6 is 0 Å². The Kier molecular flexibility index (Phi) is 7.74. The first-order chi connectivity index (χ1) is 13.6. The maximum Gasteiger partial charge on any atom is 0.296 e. The van der Waals surface area contributed by atoms with E-state index in [4.69, 9.17) is 9.56 Å². The largest absolute Gasteiger partial charge is 0.467 e. The van der Waals surface area contributed by atoms with Crippen molar-refractivity contribution in [2.24, 2.45) is 5.14 Å². The van der Waals surface area contributed by atoms with E-state index in [-0.39, 0.29) is 47.5 Å². The number of nitrogens with one attached hydrogen (secondary N) is 1. The molecule has 0 fully saturated rings. The smallest absolute Gasteiger partial charge is 0.296 e. The van der Waals surface area contributed by atoms with Gasteiger partial charge < -0.3 is 14.6 Å². The predicted molar refractivity (Wildman–Crippen MR) is 114 cm³/mol. The zero-order valence-electron chi connectivity index (χ0n) is 16.3. The molecular formula is C18H19N3NaO6S2. The van der Waals surface area contributed by atoms with Gasteiger partial charge in [0, 0.05) is 42.3 Å². The summed E-state index contributed by atoms with van der Waals surface area (Å²) < 4.78 is 62.9. The van der Waals surface area contributed by atoms with Crippen molar-refractivity contribution in [3.63, 3.8) is 0 Å². The minimum atomic E-state index is -4.75. The van der Waals surface area contributed by atoms with Crippen LogP contribution in [0.15, 0.2) is 75.1 Å². The Morgan fingerprint density at radius 1 is 1.03 bits per heavy atom. The number of nitrogens with zero attached hydrogens (tertiary/aromatic N) is 1. The second-order valence-electron chi connectivity index (χ2n) is 6.16. The van der Waals surface area contributed by atoms with Gasteiger partial charge in [0.25, 0.3) is 10.1 Å². The summed E-state index contributed by atoms with van der Waals surface area (Å²) in [7, 11) is -7.44. The number of hydrogen-bond donors (Lipinski definition) is 3. The molecule has 0 aliphatic rings. The topological polar surface area (TPSA) is 143 Å². The van der Waals surface area contributed by atoms with Crippen LogP contribution in [0.4, 0.5) is 17.1 Å². The van der Waals surface area contributed by atoms with Gasteiger partial charge in [-0.3, -0.25) is 4.55 Å². The fraction of sp³-hybridized carbons (Fsp3) is 0.111. The Morgan fingerprint density at radius 3 is 2.23 bits per heavy atom. The van der Waals surface area contributed by atoms with Crippen molar-refractivity contribution in [3.05, 3.63) is 66.6 Å². The monoisotopic (exact) mass is 460 g/mol. The van der Waals surface area contributed by atoms with Crippen molar-refractivity contribution in [1.82, 2.24) is 0 Å². The minimum absolute atomic E-state index is 0. The number of hydrogen-bond acceptors (Lipinski definition) is 7. The number of benzene rings is 2. The molecule has 0 amide bonds. The molecule has 0 aliphatic carbocycles. The van der Waals surface area contributed by atoms with E-state index >= 15 is 0 Å². The maximum absolute atomic E-state index is 12.2. The quantitative estimate of drug-likeness (QED) is 0.360. The molecule has 4 N–H and O–H groups in total. The van der Waals surface area contributed by atoms with Gasteiger partial charge in [0.15, 0.2) is 0 Å². The molecule has 1 heterocycles. The van der Waals surface area contributed by atoms with E-state index in [2.05, 4.69) is 5.32 Å². The van der Waals surface area contributed by atoms with Gasteiger partial charge >= 0.3 is 0 Å². The van der Waals surface area contributed by atoms with Crippen LogP contribution in [0.2, 0.25) is 0 Å². The molecule has 30 heavy (non-hydrogen) atoms. The van der Waals surface area contributed by atoms with Crippen molar-refractivity contribution < 1.29 is 25.8 Å². The van der Waals surface area contributed by atoms with Crippen LogP contribution in [0.25, 0.3) is 0 Å². The van der Waals surface area contributed by atoms with Gasteiger partial charge in [-0.15, -0.1) is 0 Å². The maximum atomic E-state index is 12.2. The van der Waals surface area contributed by atoms with E-state index in [0.717, 1.165) is 6.07 Å². The zero-order valence-corrected chi connectivity index (χ0v) is 19.9. The minimum Gasteiger partial charge on any atom is -0.467 e. The molecule has 0 atom stereocenters. The third kappa shape index (κ3) is 5.64. The fourth-order valence-corrected chi connectivity index (χ4v) is 4.30. The van der Waals surface area contributed by atoms with Crippen LogP contribution in [0.5, 0.6) is 0 Å². The number of para-hydroxylation sites is 1. The van der Waals surface area contributed by atoms with E-state index in [9.17, 15) is 21.4 Å². The zero-order chi connectivity index (χ0) is 21.2. The van der Waals surface area contributed by atoms with Gasteiger partial charge in [-0.2, -0.15) is 8.42 Å². The van der Waals surface area contributed by atoms with Crippen molar-refractivity contribution in [1.29, 1.82) is 0 Å². The summed E-state index contributed by atoms with van der Waals surface area (Å²) in [6, 6.07) is 14.3. The third-order valence-corrected chi connectivity index (χ3v) is 6.02. The van der Waals surface area contributed by atoms with Crippen LogP contribution in [0, 0.1) is 0 Å². The Morgan fingerprint density at radius 2 is 1.70 bits per heavy atom. The van der Waals surface area contributed by atoms with Gasteiger partial charge in [0.1, 0.15) is 15.6 Å². The molecule has 3 aromatic rings. The number of sulfonamides is 1. The number of anilines is 3.